The highest BCUT2D eigenvalue weighted by molar-refractivity contribution is 7.85. The average Bonchev–Trinajstić information content (AvgIpc) is 2.99. The molecule has 0 saturated carbocycles. The standard InChI is InChI=1S/C12H9F4N3OS/c13-8-6-9(7-4-2-1-3-5-7)19-10(8)17-11(18-19)21(20)12(14,15)16/h1-5,8-9H,6H2/t8-,9-,21?/m0/s1. The van der Waals surface area contributed by atoms with Gasteiger partial charge in [0.15, 0.2) is 22.8 Å². The molecule has 0 N–H and O–H groups in total. The van der Waals surface area contributed by atoms with E-state index in [-0.39, 0.29) is 12.2 Å². The van der Waals surface area contributed by atoms with Crippen molar-refractivity contribution in [3.63, 3.8) is 0 Å². The van der Waals surface area contributed by atoms with Gasteiger partial charge in [-0.25, -0.2) is 18.3 Å². The van der Waals surface area contributed by atoms with Gasteiger partial charge < -0.3 is 0 Å². The molecule has 9 heteroatoms. The maximum absolute atomic E-state index is 13.9. The molecule has 0 fully saturated rings. The van der Waals surface area contributed by atoms with E-state index in [4.69, 9.17) is 0 Å². The summed E-state index contributed by atoms with van der Waals surface area (Å²) in [5.41, 5.74) is -4.25. The summed E-state index contributed by atoms with van der Waals surface area (Å²) < 4.78 is 63.6. The van der Waals surface area contributed by atoms with Crippen molar-refractivity contribution in [3.05, 3.63) is 41.7 Å². The molecule has 0 bridgehead atoms. The van der Waals surface area contributed by atoms with Crippen molar-refractivity contribution in [1.82, 2.24) is 14.8 Å². The van der Waals surface area contributed by atoms with Gasteiger partial charge in [-0.1, -0.05) is 30.3 Å². The van der Waals surface area contributed by atoms with Crippen molar-refractivity contribution >= 4 is 10.8 Å². The Morgan fingerprint density at radius 1 is 1.24 bits per heavy atom. The van der Waals surface area contributed by atoms with Crippen LogP contribution in [0.1, 0.15) is 30.0 Å². The van der Waals surface area contributed by atoms with E-state index in [9.17, 15) is 21.8 Å². The van der Waals surface area contributed by atoms with Gasteiger partial charge in [0.25, 0.3) is 0 Å². The minimum absolute atomic E-state index is 0.0538. The highest BCUT2D eigenvalue weighted by atomic mass is 32.2. The van der Waals surface area contributed by atoms with Crippen molar-refractivity contribution in [1.29, 1.82) is 0 Å². The van der Waals surface area contributed by atoms with Crippen LogP contribution in [0.5, 0.6) is 0 Å². The Hall–Kier alpha value is -1.77. The lowest BCUT2D eigenvalue weighted by atomic mass is 10.0. The van der Waals surface area contributed by atoms with E-state index in [1.54, 1.807) is 30.3 Å². The molecule has 2 aromatic rings. The molecule has 1 unspecified atom stereocenters. The van der Waals surface area contributed by atoms with Crippen LogP contribution in [0, 0.1) is 0 Å². The Morgan fingerprint density at radius 2 is 1.90 bits per heavy atom. The molecule has 0 spiro atoms. The second-order valence-corrected chi connectivity index (χ2v) is 5.91. The number of benzene rings is 1. The van der Waals surface area contributed by atoms with Crippen LogP contribution in [0.4, 0.5) is 17.6 Å². The molecule has 0 amide bonds. The number of alkyl halides is 4. The predicted octanol–water partition coefficient (Wildman–Crippen LogP) is 2.91. The van der Waals surface area contributed by atoms with Crippen LogP contribution < -0.4 is 0 Å². The third-order valence-corrected chi connectivity index (χ3v) is 4.13. The SMILES string of the molecule is O=S(c1nc2n(n1)[C@H](c1ccccc1)C[C@@H]2F)C(F)(F)F. The fourth-order valence-electron chi connectivity index (χ4n) is 2.29. The first kappa shape index (κ1) is 14.2. The number of hydrogen-bond acceptors (Lipinski definition) is 3. The van der Waals surface area contributed by atoms with Crippen LogP contribution >= 0.6 is 0 Å². The van der Waals surface area contributed by atoms with Gasteiger partial charge in [0.1, 0.15) is 0 Å². The Labute approximate surface area is 119 Å². The summed E-state index contributed by atoms with van der Waals surface area (Å²) in [6.45, 7) is 0. The summed E-state index contributed by atoms with van der Waals surface area (Å²) in [5.74, 6) is -0.212. The van der Waals surface area contributed by atoms with Crippen LogP contribution in [-0.4, -0.2) is 24.5 Å². The van der Waals surface area contributed by atoms with E-state index in [1.807, 2.05) is 0 Å². The first-order valence-electron chi connectivity index (χ1n) is 6.02. The van der Waals surface area contributed by atoms with Gasteiger partial charge in [0.05, 0.1) is 6.04 Å². The molecule has 1 aliphatic rings. The van der Waals surface area contributed by atoms with Crippen molar-refractivity contribution in [2.24, 2.45) is 0 Å². The number of aromatic nitrogens is 3. The summed E-state index contributed by atoms with van der Waals surface area (Å²) in [7, 11) is -3.35. The van der Waals surface area contributed by atoms with E-state index >= 15 is 0 Å². The van der Waals surface area contributed by atoms with E-state index in [0.29, 0.717) is 5.56 Å². The zero-order chi connectivity index (χ0) is 15.2. The Bertz CT molecular complexity index is 686. The van der Waals surface area contributed by atoms with Gasteiger partial charge in [-0.05, 0) is 5.56 Å². The summed E-state index contributed by atoms with van der Waals surface area (Å²) >= 11 is 0. The lowest BCUT2D eigenvalue weighted by molar-refractivity contribution is -0.0388. The third-order valence-electron chi connectivity index (χ3n) is 3.20. The topological polar surface area (TPSA) is 47.8 Å². The van der Waals surface area contributed by atoms with Gasteiger partial charge in [-0.3, -0.25) is 0 Å². The molecule has 3 rings (SSSR count). The molecule has 1 aromatic carbocycles. The number of rotatable bonds is 2. The molecule has 3 atom stereocenters. The number of halogens is 4. The summed E-state index contributed by atoms with van der Waals surface area (Å²) in [5, 5.41) is 2.71. The number of fused-ring (bicyclic) bond motifs is 1. The molecule has 1 aliphatic heterocycles. The molecule has 112 valence electrons. The van der Waals surface area contributed by atoms with E-state index < -0.39 is 33.7 Å². The quantitative estimate of drug-likeness (QED) is 0.800. The number of hydrogen-bond donors (Lipinski definition) is 0. The van der Waals surface area contributed by atoms with Gasteiger partial charge in [0.2, 0.25) is 5.16 Å². The lowest BCUT2D eigenvalue weighted by Crippen LogP contribution is -2.18. The molecule has 21 heavy (non-hydrogen) atoms. The Kier molecular flexibility index (Phi) is 3.31. The van der Waals surface area contributed by atoms with Crippen LogP contribution in [0.2, 0.25) is 0 Å². The molecule has 2 heterocycles. The van der Waals surface area contributed by atoms with E-state index in [0.717, 1.165) is 4.68 Å². The van der Waals surface area contributed by atoms with E-state index in [2.05, 4.69) is 10.1 Å². The molecule has 0 radical (unpaired) electrons. The summed E-state index contributed by atoms with van der Waals surface area (Å²) in [6, 6.07) is 8.18. The highest BCUT2D eigenvalue weighted by Crippen LogP contribution is 2.40. The van der Waals surface area contributed by atoms with Gasteiger partial charge in [-0.15, -0.1) is 5.10 Å². The Morgan fingerprint density at radius 3 is 2.52 bits per heavy atom. The minimum Gasteiger partial charge on any atom is -0.242 e. The smallest absolute Gasteiger partial charge is 0.242 e. The molecular weight excluding hydrogens is 310 g/mol. The van der Waals surface area contributed by atoms with Crippen LogP contribution in [0.15, 0.2) is 35.5 Å². The second-order valence-electron chi connectivity index (χ2n) is 4.54. The zero-order valence-corrected chi connectivity index (χ0v) is 11.2. The second kappa shape index (κ2) is 4.90. The number of nitrogens with zero attached hydrogens (tertiary/aromatic N) is 3. The van der Waals surface area contributed by atoms with Gasteiger partial charge in [0, 0.05) is 6.42 Å². The largest absolute Gasteiger partial charge is 0.479 e. The maximum Gasteiger partial charge on any atom is 0.479 e. The monoisotopic (exact) mass is 319 g/mol. The highest BCUT2D eigenvalue weighted by Gasteiger charge is 2.43. The molecule has 0 saturated heterocycles. The van der Waals surface area contributed by atoms with Crippen molar-refractivity contribution in [3.8, 4) is 0 Å². The van der Waals surface area contributed by atoms with Gasteiger partial charge >= 0.3 is 5.51 Å². The lowest BCUT2D eigenvalue weighted by Gasteiger charge is -2.11. The van der Waals surface area contributed by atoms with Gasteiger partial charge in [-0.2, -0.15) is 13.2 Å². The van der Waals surface area contributed by atoms with Crippen molar-refractivity contribution in [2.45, 2.75) is 29.3 Å². The average molecular weight is 319 g/mol. The summed E-state index contributed by atoms with van der Waals surface area (Å²) in [4.78, 5) is 3.47. The van der Waals surface area contributed by atoms with E-state index in [1.165, 1.54) is 0 Å². The fourth-order valence-corrected chi connectivity index (χ4v) is 2.84. The fraction of sp³-hybridized carbons (Fsp3) is 0.333. The molecule has 0 aliphatic carbocycles. The summed E-state index contributed by atoms with van der Waals surface area (Å²) in [6.07, 6.45) is -1.47. The first-order chi connectivity index (χ1) is 9.88. The Balaban J connectivity index is 2.01. The molecule has 1 aromatic heterocycles. The normalized spacial score (nSPS) is 23.0. The zero-order valence-electron chi connectivity index (χ0n) is 10.4. The van der Waals surface area contributed by atoms with Crippen LogP contribution in [-0.2, 0) is 10.8 Å². The minimum atomic E-state index is -4.96. The van der Waals surface area contributed by atoms with Crippen LogP contribution in [0.3, 0.4) is 0 Å². The first-order valence-corrected chi connectivity index (χ1v) is 7.17. The molecule has 4 nitrogen and oxygen atoms in total. The molecular formula is C12H9F4N3OS. The van der Waals surface area contributed by atoms with Crippen molar-refractivity contribution < 1.29 is 21.8 Å². The van der Waals surface area contributed by atoms with Crippen molar-refractivity contribution in [2.75, 3.05) is 0 Å². The predicted molar refractivity (Wildman–Crippen MR) is 65.5 cm³/mol. The van der Waals surface area contributed by atoms with Crippen LogP contribution in [0.25, 0.3) is 0 Å². The maximum atomic E-state index is 13.9. The third kappa shape index (κ3) is 2.45.